The van der Waals surface area contributed by atoms with Crippen molar-refractivity contribution >= 4 is 45.9 Å². The summed E-state index contributed by atoms with van der Waals surface area (Å²) in [4.78, 5) is 0. The highest BCUT2D eigenvalue weighted by Crippen LogP contribution is 2.26. The first-order valence-electron chi connectivity index (χ1n) is 4.87. The Morgan fingerprint density at radius 3 is 2.82 bits per heavy atom. The molecule has 2 aromatic rings. The first-order chi connectivity index (χ1) is 8.06. The first-order valence-corrected chi connectivity index (χ1v) is 6.33. The summed E-state index contributed by atoms with van der Waals surface area (Å²) < 4.78 is 6.37. The number of aromatic nitrogens is 2. The van der Waals surface area contributed by atoms with Crippen molar-refractivity contribution in [1.29, 1.82) is 0 Å². The summed E-state index contributed by atoms with van der Waals surface area (Å²) in [5, 5.41) is 11.2. The van der Waals surface area contributed by atoms with Crippen molar-refractivity contribution in [1.82, 2.24) is 10.2 Å². The molecule has 0 amide bonds. The minimum Gasteiger partial charge on any atom is -0.406 e. The Kier molecular flexibility index (Phi) is 3.85. The van der Waals surface area contributed by atoms with Crippen LogP contribution in [0.25, 0.3) is 0 Å². The average Bonchev–Trinajstić information content (AvgIpc) is 2.71. The van der Waals surface area contributed by atoms with Crippen LogP contribution in [-0.2, 0) is 0 Å². The van der Waals surface area contributed by atoms with Gasteiger partial charge in [0.2, 0.25) is 5.89 Å². The fourth-order valence-electron chi connectivity index (χ4n) is 1.18. The third-order valence-corrected chi connectivity index (χ3v) is 2.99. The number of rotatable bonds is 3. The third kappa shape index (κ3) is 3.08. The molecular weight excluding hydrogens is 354 g/mol. The van der Waals surface area contributed by atoms with E-state index in [2.05, 4.69) is 38.1 Å². The largest absolute Gasteiger partial charge is 0.406 e. The van der Waals surface area contributed by atoms with E-state index in [0.717, 1.165) is 3.57 Å². The standard InChI is InChI=1S/C10H10ClIN4O/c1-5(13)9-15-16-10(17-9)14-8-3-2-6(12)4-7(8)11/h2-5H,13H2,1H3,(H,14,16). The quantitative estimate of drug-likeness (QED) is 0.819. The topological polar surface area (TPSA) is 77.0 Å². The molecule has 17 heavy (non-hydrogen) atoms. The van der Waals surface area contributed by atoms with Gasteiger partial charge < -0.3 is 15.5 Å². The summed E-state index contributed by atoms with van der Waals surface area (Å²) in [6.45, 7) is 1.77. The molecule has 1 aromatic carbocycles. The molecule has 0 saturated heterocycles. The lowest BCUT2D eigenvalue weighted by molar-refractivity contribution is 0.475. The van der Waals surface area contributed by atoms with E-state index in [-0.39, 0.29) is 12.1 Å². The van der Waals surface area contributed by atoms with Crippen molar-refractivity contribution in [3.63, 3.8) is 0 Å². The first kappa shape index (κ1) is 12.6. The van der Waals surface area contributed by atoms with Crippen molar-refractivity contribution in [2.45, 2.75) is 13.0 Å². The third-order valence-electron chi connectivity index (χ3n) is 2.00. The summed E-state index contributed by atoms with van der Waals surface area (Å²) in [6.07, 6.45) is 0. The second-order valence-electron chi connectivity index (χ2n) is 3.48. The van der Waals surface area contributed by atoms with E-state index in [1.54, 1.807) is 6.92 Å². The van der Waals surface area contributed by atoms with E-state index in [0.29, 0.717) is 16.6 Å². The number of nitrogens with one attached hydrogen (secondary N) is 1. The molecule has 0 fully saturated rings. The molecule has 3 N–H and O–H groups in total. The maximum absolute atomic E-state index is 6.07. The highest BCUT2D eigenvalue weighted by atomic mass is 127. The molecular formula is C10H10ClIN4O. The molecule has 90 valence electrons. The highest BCUT2D eigenvalue weighted by molar-refractivity contribution is 14.1. The van der Waals surface area contributed by atoms with E-state index >= 15 is 0 Å². The van der Waals surface area contributed by atoms with Crippen LogP contribution in [0.2, 0.25) is 5.02 Å². The molecule has 0 radical (unpaired) electrons. The average molecular weight is 365 g/mol. The second-order valence-corrected chi connectivity index (χ2v) is 5.14. The van der Waals surface area contributed by atoms with Gasteiger partial charge in [-0.15, -0.1) is 5.10 Å². The molecule has 0 spiro atoms. The number of halogens is 2. The number of hydrogen-bond donors (Lipinski definition) is 2. The molecule has 1 heterocycles. The molecule has 0 bridgehead atoms. The van der Waals surface area contributed by atoms with Gasteiger partial charge in [-0.05, 0) is 47.7 Å². The highest BCUT2D eigenvalue weighted by Gasteiger charge is 2.11. The predicted octanol–water partition coefficient (Wildman–Crippen LogP) is 3.09. The van der Waals surface area contributed by atoms with Crippen LogP contribution in [0.4, 0.5) is 11.7 Å². The molecule has 0 aliphatic heterocycles. The Labute approximate surface area is 117 Å². The molecule has 1 atom stereocenters. The molecule has 1 unspecified atom stereocenters. The zero-order chi connectivity index (χ0) is 12.4. The summed E-state index contributed by atoms with van der Waals surface area (Å²) in [5.74, 6) is 0.383. The van der Waals surface area contributed by atoms with Crippen molar-refractivity contribution in [2.24, 2.45) is 5.73 Å². The molecule has 1 aromatic heterocycles. The zero-order valence-corrected chi connectivity index (χ0v) is 11.9. The van der Waals surface area contributed by atoms with Crippen LogP contribution in [0.5, 0.6) is 0 Å². The number of nitrogens with two attached hydrogens (primary N) is 1. The second kappa shape index (κ2) is 5.19. The van der Waals surface area contributed by atoms with Gasteiger partial charge in [0.15, 0.2) is 0 Å². The van der Waals surface area contributed by atoms with Gasteiger partial charge in [0, 0.05) is 3.57 Å². The molecule has 7 heteroatoms. The van der Waals surface area contributed by atoms with E-state index < -0.39 is 0 Å². The van der Waals surface area contributed by atoms with E-state index in [1.165, 1.54) is 0 Å². The summed E-state index contributed by atoms with van der Waals surface area (Å²) >= 11 is 8.25. The fourth-order valence-corrected chi connectivity index (χ4v) is 2.08. The van der Waals surface area contributed by atoms with Crippen LogP contribution in [0.15, 0.2) is 22.6 Å². The Morgan fingerprint density at radius 2 is 2.24 bits per heavy atom. The van der Waals surface area contributed by atoms with Crippen LogP contribution < -0.4 is 11.1 Å². The Bertz CT molecular complexity index is 529. The van der Waals surface area contributed by atoms with Crippen LogP contribution in [0.3, 0.4) is 0 Å². The van der Waals surface area contributed by atoms with Crippen LogP contribution in [0, 0.1) is 3.57 Å². The van der Waals surface area contributed by atoms with Gasteiger partial charge in [0.25, 0.3) is 0 Å². The molecule has 0 aliphatic rings. The number of hydrogen-bond acceptors (Lipinski definition) is 5. The van der Waals surface area contributed by atoms with Gasteiger partial charge >= 0.3 is 6.01 Å². The minimum absolute atomic E-state index is 0.278. The van der Waals surface area contributed by atoms with Crippen molar-refractivity contribution in [3.8, 4) is 0 Å². The Morgan fingerprint density at radius 1 is 1.47 bits per heavy atom. The Hall–Kier alpha value is -0.860. The van der Waals surface area contributed by atoms with Crippen LogP contribution in [-0.4, -0.2) is 10.2 Å². The van der Waals surface area contributed by atoms with Crippen LogP contribution >= 0.6 is 34.2 Å². The number of nitrogens with zero attached hydrogens (tertiary/aromatic N) is 2. The van der Waals surface area contributed by atoms with Gasteiger partial charge in [-0.3, -0.25) is 0 Å². The molecule has 0 saturated carbocycles. The smallest absolute Gasteiger partial charge is 0.320 e. The fraction of sp³-hybridized carbons (Fsp3) is 0.200. The molecule has 0 aliphatic carbocycles. The maximum Gasteiger partial charge on any atom is 0.320 e. The Balaban J connectivity index is 2.19. The minimum atomic E-state index is -0.287. The lowest BCUT2D eigenvalue weighted by Crippen LogP contribution is -2.04. The predicted molar refractivity (Wildman–Crippen MR) is 74.4 cm³/mol. The van der Waals surface area contributed by atoms with Crippen molar-refractivity contribution in [2.75, 3.05) is 5.32 Å². The summed E-state index contributed by atoms with van der Waals surface area (Å²) in [6, 6.07) is 5.61. The van der Waals surface area contributed by atoms with E-state index in [9.17, 15) is 0 Å². The van der Waals surface area contributed by atoms with Gasteiger partial charge in [0.1, 0.15) is 0 Å². The lowest BCUT2D eigenvalue weighted by atomic mass is 10.3. The number of benzene rings is 1. The number of anilines is 2. The summed E-state index contributed by atoms with van der Waals surface area (Å²) in [7, 11) is 0. The van der Waals surface area contributed by atoms with Gasteiger partial charge in [-0.2, -0.15) is 0 Å². The van der Waals surface area contributed by atoms with Gasteiger partial charge in [0.05, 0.1) is 16.8 Å². The maximum atomic E-state index is 6.07. The van der Waals surface area contributed by atoms with Gasteiger partial charge in [-0.25, -0.2) is 0 Å². The van der Waals surface area contributed by atoms with Crippen molar-refractivity contribution in [3.05, 3.63) is 32.7 Å². The van der Waals surface area contributed by atoms with E-state index in [4.69, 9.17) is 21.8 Å². The van der Waals surface area contributed by atoms with Gasteiger partial charge in [-0.1, -0.05) is 16.7 Å². The van der Waals surface area contributed by atoms with Crippen molar-refractivity contribution < 1.29 is 4.42 Å². The lowest BCUT2D eigenvalue weighted by Gasteiger charge is -2.04. The molecule has 2 rings (SSSR count). The monoisotopic (exact) mass is 364 g/mol. The van der Waals surface area contributed by atoms with E-state index in [1.807, 2.05) is 18.2 Å². The normalized spacial score (nSPS) is 12.5. The molecule has 5 nitrogen and oxygen atoms in total. The SMILES string of the molecule is CC(N)c1nnc(Nc2ccc(I)cc2Cl)o1. The van der Waals surface area contributed by atoms with Crippen LogP contribution in [0.1, 0.15) is 18.9 Å². The zero-order valence-electron chi connectivity index (χ0n) is 8.95. The summed E-state index contributed by atoms with van der Waals surface area (Å²) in [5.41, 5.74) is 6.33.